The molecule has 0 radical (unpaired) electrons. The summed E-state index contributed by atoms with van der Waals surface area (Å²) >= 11 is 0. The Labute approximate surface area is 305 Å². The molecule has 3 aromatic rings. The Morgan fingerprint density at radius 1 is 0.925 bits per heavy atom. The number of piperidine rings is 1. The van der Waals surface area contributed by atoms with Gasteiger partial charge in [-0.05, 0) is 73.1 Å². The number of ether oxygens (including phenoxy) is 1. The van der Waals surface area contributed by atoms with Crippen molar-refractivity contribution in [3.8, 4) is 5.88 Å². The number of halogens is 6. The van der Waals surface area contributed by atoms with E-state index >= 15 is 4.39 Å². The number of hydrogen-bond donors (Lipinski definition) is 3. The fourth-order valence-electron chi connectivity index (χ4n) is 8.02. The molecule has 53 heavy (non-hydrogen) atoms. The van der Waals surface area contributed by atoms with Crippen molar-refractivity contribution in [2.75, 3.05) is 37.8 Å². The van der Waals surface area contributed by atoms with E-state index in [-0.39, 0.29) is 73.8 Å². The Morgan fingerprint density at radius 3 is 2.17 bits per heavy atom. The van der Waals surface area contributed by atoms with Crippen LogP contribution in [0, 0.1) is 10.8 Å². The molecule has 0 amide bonds. The lowest BCUT2D eigenvalue weighted by Crippen LogP contribution is -2.36. The molecular weight excluding hydrogens is 702 g/mol. The molecule has 6 rings (SSSR count). The predicted octanol–water partition coefficient (Wildman–Crippen LogP) is 8.00. The van der Waals surface area contributed by atoms with E-state index in [4.69, 9.17) is 9.72 Å². The van der Waals surface area contributed by atoms with Gasteiger partial charge < -0.3 is 25.0 Å². The summed E-state index contributed by atoms with van der Waals surface area (Å²) in [5.41, 5.74) is 0.111. The van der Waals surface area contributed by atoms with Gasteiger partial charge in [0, 0.05) is 66.3 Å². The zero-order chi connectivity index (χ0) is 38.3. The van der Waals surface area contributed by atoms with Crippen LogP contribution in [0.2, 0.25) is 0 Å². The van der Waals surface area contributed by atoms with E-state index in [0.717, 1.165) is 24.3 Å². The minimum Gasteiger partial charge on any atom is -0.477 e. The van der Waals surface area contributed by atoms with E-state index in [9.17, 15) is 37.3 Å². The van der Waals surface area contributed by atoms with E-state index in [1.807, 2.05) is 18.7 Å². The van der Waals surface area contributed by atoms with Crippen LogP contribution in [-0.2, 0) is 12.6 Å². The molecule has 2 fully saturated rings. The summed E-state index contributed by atoms with van der Waals surface area (Å²) in [6.07, 6.45) is -4.75. The third-order valence-electron chi connectivity index (χ3n) is 11.2. The zero-order valence-corrected chi connectivity index (χ0v) is 30.3. The summed E-state index contributed by atoms with van der Waals surface area (Å²) in [4.78, 5) is 16.0. The Kier molecular flexibility index (Phi) is 11.1. The second kappa shape index (κ2) is 15.0. The number of alkyl halides is 6. The van der Waals surface area contributed by atoms with Crippen molar-refractivity contribution in [1.29, 1.82) is 0 Å². The maximum atomic E-state index is 17.3. The quantitative estimate of drug-likeness (QED) is 0.179. The van der Waals surface area contributed by atoms with Gasteiger partial charge in [-0.15, -0.1) is 0 Å². The number of hydrogen-bond acceptors (Lipinski definition) is 8. The van der Waals surface area contributed by atoms with Crippen LogP contribution in [0.1, 0.15) is 129 Å². The SMILES string of the molecule is CC1(C)Cc2nc(C3CCN(c4nccc(OCC(C)(CO)CO)n4)CC3)c([C@@H](F)c3ccc(C(F)(F)F)cc3)c(C3CCC(F)(F)CC3)c2[C@@H](O)C1. The molecule has 3 aliphatic rings. The van der Waals surface area contributed by atoms with Gasteiger partial charge in [0.1, 0.15) is 0 Å². The molecule has 2 aromatic heterocycles. The maximum Gasteiger partial charge on any atom is 0.416 e. The molecule has 1 aliphatic heterocycles. The van der Waals surface area contributed by atoms with Crippen LogP contribution in [0.25, 0.3) is 0 Å². The van der Waals surface area contributed by atoms with Gasteiger partial charge in [0.2, 0.25) is 17.8 Å². The summed E-state index contributed by atoms with van der Waals surface area (Å²) in [6, 6.07) is 5.50. The minimum atomic E-state index is -4.61. The van der Waals surface area contributed by atoms with E-state index < -0.39 is 41.3 Å². The van der Waals surface area contributed by atoms with Crippen LogP contribution >= 0.6 is 0 Å². The molecular formula is C39H48F6N4O4. The number of nitrogens with zero attached hydrogens (tertiary/aromatic N) is 4. The summed E-state index contributed by atoms with van der Waals surface area (Å²) < 4.78 is 92.5. The Hall–Kier alpha value is -3.49. The molecule has 1 saturated heterocycles. The second-order valence-corrected chi connectivity index (χ2v) is 16.2. The average Bonchev–Trinajstić information content (AvgIpc) is 3.12. The lowest BCUT2D eigenvalue weighted by atomic mass is 9.68. The summed E-state index contributed by atoms with van der Waals surface area (Å²) in [5.74, 6) is -2.97. The van der Waals surface area contributed by atoms with E-state index in [1.165, 1.54) is 0 Å². The number of aliphatic hydroxyl groups is 3. The highest BCUT2D eigenvalue weighted by Gasteiger charge is 2.44. The summed E-state index contributed by atoms with van der Waals surface area (Å²) in [5, 5.41) is 30.9. The highest BCUT2D eigenvalue weighted by atomic mass is 19.4. The summed E-state index contributed by atoms with van der Waals surface area (Å²) in [6.45, 7) is 6.08. The molecule has 2 aliphatic carbocycles. The fraction of sp³-hybridized carbons (Fsp3) is 0.615. The lowest BCUT2D eigenvalue weighted by Gasteiger charge is -2.41. The Morgan fingerprint density at radius 2 is 1.57 bits per heavy atom. The second-order valence-electron chi connectivity index (χ2n) is 16.2. The van der Waals surface area contributed by atoms with Crippen LogP contribution in [0.4, 0.5) is 32.3 Å². The molecule has 0 spiro atoms. The number of pyridine rings is 1. The highest BCUT2D eigenvalue weighted by Crippen LogP contribution is 2.52. The number of aliphatic hydroxyl groups excluding tert-OH is 3. The third-order valence-corrected chi connectivity index (χ3v) is 11.2. The van der Waals surface area contributed by atoms with Crippen molar-refractivity contribution in [1.82, 2.24) is 15.0 Å². The van der Waals surface area contributed by atoms with Crippen LogP contribution in [0.5, 0.6) is 5.88 Å². The topological polar surface area (TPSA) is 112 Å². The largest absolute Gasteiger partial charge is 0.477 e. The predicted molar refractivity (Wildman–Crippen MR) is 186 cm³/mol. The van der Waals surface area contributed by atoms with Crippen LogP contribution < -0.4 is 9.64 Å². The molecule has 0 bridgehead atoms. The third kappa shape index (κ3) is 8.59. The first-order valence-corrected chi connectivity index (χ1v) is 18.3. The van der Waals surface area contributed by atoms with E-state index in [1.54, 1.807) is 19.2 Å². The lowest BCUT2D eigenvalue weighted by molar-refractivity contribution is -0.137. The van der Waals surface area contributed by atoms with Gasteiger partial charge in [0.15, 0.2) is 6.17 Å². The maximum absolute atomic E-state index is 17.3. The number of aromatic nitrogens is 3. The number of anilines is 1. The van der Waals surface area contributed by atoms with Gasteiger partial charge in [0.05, 0.1) is 37.2 Å². The van der Waals surface area contributed by atoms with Gasteiger partial charge in [-0.1, -0.05) is 32.9 Å². The van der Waals surface area contributed by atoms with Crippen molar-refractivity contribution in [3.63, 3.8) is 0 Å². The van der Waals surface area contributed by atoms with Gasteiger partial charge in [-0.3, -0.25) is 4.98 Å². The molecule has 3 N–H and O–H groups in total. The monoisotopic (exact) mass is 750 g/mol. The number of benzene rings is 1. The van der Waals surface area contributed by atoms with Crippen molar-refractivity contribution in [2.24, 2.45) is 10.8 Å². The smallest absolute Gasteiger partial charge is 0.416 e. The van der Waals surface area contributed by atoms with Gasteiger partial charge in [-0.25, -0.2) is 18.2 Å². The van der Waals surface area contributed by atoms with Crippen molar-refractivity contribution in [3.05, 3.63) is 75.7 Å². The van der Waals surface area contributed by atoms with Gasteiger partial charge >= 0.3 is 6.18 Å². The van der Waals surface area contributed by atoms with Gasteiger partial charge in [0.25, 0.3) is 0 Å². The molecule has 3 heterocycles. The van der Waals surface area contributed by atoms with Crippen LogP contribution in [0.15, 0.2) is 36.5 Å². The van der Waals surface area contributed by atoms with E-state index in [0.29, 0.717) is 67.2 Å². The molecule has 14 heteroatoms. The molecule has 8 nitrogen and oxygen atoms in total. The minimum absolute atomic E-state index is 0.00448. The van der Waals surface area contributed by atoms with Crippen molar-refractivity contribution in [2.45, 2.75) is 108 Å². The first-order valence-electron chi connectivity index (χ1n) is 18.3. The molecule has 0 unspecified atom stereocenters. The van der Waals surface area contributed by atoms with Crippen molar-refractivity contribution < 1.29 is 46.4 Å². The summed E-state index contributed by atoms with van der Waals surface area (Å²) in [7, 11) is 0. The first kappa shape index (κ1) is 39.2. The highest BCUT2D eigenvalue weighted by molar-refractivity contribution is 5.51. The fourth-order valence-corrected chi connectivity index (χ4v) is 8.02. The van der Waals surface area contributed by atoms with Crippen molar-refractivity contribution >= 4 is 5.95 Å². The molecule has 2 atom stereocenters. The molecule has 1 aromatic carbocycles. The standard InChI is InChI=1S/C39H48F6N4O4/c1-36(2)18-27-31(28(52)19-36)30(23-8-13-38(41,42)14-9-23)32(33(40)24-4-6-26(7-5-24)39(43,44)45)34(47-27)25-11-16-49(17-12-25)35-46-15-10-29(48-35)53-22-37(3,20-50)21-51/h4-7,10,15,23,25,28,33,50-52H,8-9,11-14,16-22H2,1-3H3/t28-,33-/m0/s1. The number of fused-ring (bicyclic) bond motifs is 1. The zero-order valence-electron chi connectivity index (χ0n) is 30.3. The number of rotatable bonds is 10. The Bertz CT molecular complexity index is 1730. The van der Waals surface area contributed by atoms with Crippen LogP contribution in [-0.4, -0.2) is 69.1 Å². The van der Waals surface area contributed by atoms with E-state index in [2.05, 4.69) is 9.97 Å². The first-order chi connectivity index (χ1) is 24.9. The Balaban J connectivity index is 1.38. The molecule has 1 saturated carbocycles. The average molecular weight is 751 g/mol. The van der Waals surface area contributed by atoms with Gasteiger partial charge in [-0.2, -0.15) is 18.2 Å². The molecule has 290 valence electrons. The van der Waals surface area contributed by atoms with Crippen LogP contribution in [0.3, 0.4) is 0 Å². The normalized spacial score (nSPS) is 21.7.